The molecule has 0 saturated carbocycles. The lowest BCUT2D eigenvalue weighted by atomic mass is 9.94. The zero-order valence-corrected chi connectivity index (χ0v) is 9.67. The van der Waals surface area contributed by atoms with E-state index < -0.39 is 0 Å². The minimum Gasteiger partial charge on any atom is -0.290 e. The summed E-state index contributed by atoms with van der Waals surface area (Å²) in [7, 11) is 0. The molecule has 0 amide bonds. The standard InChI is InChI=1S/C15H11FO/c1-8-5-14-12(9(2)15(8)16)6-10-3-4-11(17)7-13(10)14/h3-7H,1-2H3. The first kappa shape index (κ1) is 10.2. The van der Waals surface area contributed by atoms with Gasteiger partial charge < -0.3 is 0 Å². The van der Waals surface area contributed by atoms with Gasteiger partial charge in [0.2, 0.25) is 0 Å². The lowest BCUT2D eigenvalue weighted by Crippen LogP contribution is -1.98. The van der Waals surface area contributed by atoms with Gasteiger partial charge in [-0.25, -0.2) is 4.39 Å². The summed E-state index contributed by atoms with van der Waals surface area (Å²) < 4.78 is 13.8. The van der Waals surface area contributed by atoms with Crippen molar-refractivity contribution in [2.75, 3.05) is 0 Å². The fourth-order valence-electron chi connectivity index (χ4n) is 2.43. The van der Waals surface area contributed by atoms with Gasteiger partial charge in [-0.15, -0.1) is 0 Å². The number of rotatable bonds is 0. The predicted molar refractivity (Wildman–Crippen MR) is 66.0 cm³/mol. The van der Waals surface area contributed by atoms with Crippen LogP contribution in [0.1, 0.15) is 22.3 Å². The van der Waals surface area contributed by atoms with E-state index in [-0.39, 0.29) is 11.6 Å². The second kappa shape index (κ2) is 3.27. The summed E-state index contributed by atoms with van der Waals surface area (Å²) in [4.78, 5) is 11.4. The Labute approximate surface area is 99.0 Å². The van der Waals surface area contributed by atoms with Crippen LogP contribution in [0, 0.1) is 19.7 Å². The van der Waals surface area contributed by atoms with Crippen LogP contribution in [0.4, 0.5) is 4.39 Å². The highest BCUT2D eigenvalue weighted by molar-refractivity contribution is 6.14. The van der Waals surface area contributed by atoms with Crippen molar-refractivity contribution in [3.8, 4) is 0 Å². The average Bonchev–Trinajstić information content (AvgIpc) is 2.65. The van der Waals surface area contributed by atoms with Gasteiger partial charge in [-0.1, -0.05) is 6.08 Å². The highest BCUT2D eigenvalue weighted by atomic mass is 19.1. The zero-order valence-electron chi connectivity index (χ0n) is 9.67. The van der Waals surface area contributed by atoms with Crippen molar-refractivity contribution in [3.05, 3.63) is 57.9 Å². The van der Waals surface area contributed by atoms with Crippen LogP contribution in [0.2, 0.25) is 0 Å². The number of carbonyl (C=O) groups is 1. The quantitative estimate of drug-likeness (QED) is 0.663. The van der Waals surface area contributed by atoms with E-state index in [1.165, 1.54) is 0 Å². The second-order valence-corrected chi connectivity index (χ2v) is 4.49. The molecule has 1 nitrogen and oxygen atoms in total. The maximum Gasteiger partial charge on any atom is 0.179 e. The Balaban J connectivity index is 2.32. The van der Waals surface area contributed by atoms with Crippen molar-refractivity contribution in [2.24, 2.45) is 0 Å². The van der Waals surface area contributed by atoms with Crippen LogP contribution in [0.15, 0.2) is 29.9 Å². The van der Waals surface area contributed by atoms with Gasteiger partial charge in [0.15, 0.2) is 5.78 Å². The van der Waals surface area contributed by atoms with Crippen molar-refractivity contribution >= 4 is 17.4 Å². The SMILES string of the molecule is Cc1cc2c(c(C)c1F)C=C1C=CC(=O)C=C12. The molecule has 17 heavy (non-hydrogen) atoms. The van der Waals surface area contributed by atoms with Crippen LogP contribution in [0.3, 0.4) is 0 Å². The Hall–Kier alpha value is -1.96. The fourth-order valence-corrected chi connectivity index (χ4v) is 2.43. The normalized spacial score (nSPS) is 16.5. The monoisotopic (exact) mass is 226 g/mol. The molecule has 0 N–H and O–H groups in total. The number of fused-ring (bicyclic) bond motifs is 3. The number of allylic oxidation sites excluding steroid dienone is 5. The maximum atomic E-state index is 13.8. The molecule has 0 unspecified atom stereocenters. The number of hydrogen-bond acceptors (Lipinski definition) is 1. The van der Waals surface area contributed by atoms with E-state index in [0.29, 0.717) is 11.1 Å². The van der Waals surface area contributed by atoms with E-state index in [1.54, 1.807) is 32.1 Å². The van der Waals surface area contributed by atoms with E-state index in [2.05, 4.69) is 0 Å². The minimum absolute atomic E-state index is 0.00960. The van der Waals surface area contributed by atoms with Gasteiger partial charge in [0.1, 0.15) is 5.82 Å². The molecule has 2 aliphatic rings. The summed E-state index contributed by atoms with van der Waals surface area (Å²) in [5.41, 5.74) is 5.05. The van der Waals surface area contributed by atoms with Gasteiger partial charge in [-0.05, 0) is 71.5 Å². The lowest BCUT2D eigenvalue weighted by Gasteiger charge is -2.10. The maximum absolute atomic E-state index is 13.8. The first-order valence-electron chi connectivity index (χ1n) is 5.54. The van der Waals surface area contributed by atoms with Crippen molar-refractivity contribution < 1.29 is 9.18 Å². The topological polar surface area (TPSA) is 17.1 Å². The van der Waals surface area contributed by atoms with Crippen molar-refractivity contribution in [3.63, 3.8) is 0 Å². The van der Waals surface area contributed by atoms with Gasteiger partial charge in [0, 0.05) is 0 Å². The van der Waals surface area contributed by atoms with Crippen LogP contribution >= 0.6 is 0 Å². The van der Waals surface area contributed by atoms with Crippen molar-refractivity contribution in [1.82, 2.24) is 0 Å². The minimum atomic E-state index is -0.157. The molecule has 0 atom stereocenters. The third kappa shape index (κ3) is 1.34. The van der Waals surface area contributed by atoms with Crippen LogP contribution in [0.25, 0.3) is 11.6 Å². The first-order valence-corrected chi connectivity index (χ1v) is 5.54. The number of aryl methyl sites for hydroxylation is 1. The van der Waals surface area contributed by atoms with Crippen LogP contribution in [-0.4, -0.2) is 5.78 Å². The molecule has 0 fully saturated rings. The fraction of sp³-hybridized carbons (Fsp3) is 0.133. The summed E-state index contributed by atoms with van der Waals surface area (Å²) in [6.45, 7) is 3.53. The Morgan fingerprint density at radius 1 is 1.12 bits per heavy atom. The Morgan fingerprint density at radius 2 is 1.88 bits per heavy atom. The lowest BCUT2D eigenvalue weighted by molar-refractivity contribution is -0.110. The molecule has 1 aromatic rings. The molecule has 2 aliphatic carbocycles. The predicted octanol–water partition coefficient (Wildman–Crippen LogP) is 3.36. The molecular formula is C15H11FO. The molecule has 0 saturated heterocycles. The van der Waals surface area contributed by atoms with Crippen LogP contribution < -0.4 is 0 Å². The van der Waals surface area contributed by atoms with E-state index in [9.17, 15) is 9.18 Å². The summed E-state index contributed by atoms with van der Waals surface area (Å²) in [5, 5.41) is 0. The van der Waals surface area contributed by atoms with E-state index in [1.807, 2.05) is 12.1 Å². The molecule has 0 radical (unpaired) electrons. The number of halogens is 1. The van der Waals surface area contributed by atoms with E-state index in [4.69, 9.17) is 0 Å². The summed E-state index contributed by atoms with van der Waals surface area (Å²) in [6.07, 6.45) is 6.90. The van der Waals surface area contributed by atoms with Crippen molar-refractivity contribution in [1.29, 1.82) is 0 Å². The molecule has 3 rings (SSSR count). The zero-order chi connectivity index (χ0) is 12.2. The van der Waals surface area contributed by atoms with Gasteiger partial charge in [-0.2, -0.15) is 0 Å². The third-order valence-corrected chi connectivity index (χ3v) is 3.35. The van der Waals surface area contributed by atoms with Crippen molar-refractivity contribution in [2.45, 2.75) is 13.8 Å². The van der Waals surface area contributed by atoms with E-state index in [0.717, 1.165) is 22.3 Å². The molecule has 84 valence electrons. The molecule has 0 aliphatic heterocycles. The second-order valence-electron chi connectivity index (χ2n) is 4.49. The molecule has 0 aromatic heterocycles. The Bertz CT molecular complexity index is 645. The molecule has 1 aromatic carbocycles. The Kier molecular flexibility index (Phi) is 1.96. The molecule has 0 spiro atoms. The summed E-state index contributed by atoms with van der Waals surface area (Å²) >= 11 is 0. The average molecular weight is 226 g/mol. The first-order chi connectivity index (χ1) is 8.08. The molecular weight excluding hydrogens is 215 g/mol. The molecule has 0 bridgehead atoms. The molecule has 0 heterocycles. The summed E-state index contributed by atoms with van der Waals surface area (Å²) in [6, 6.07) is 1.82. The van der Waals surface area contributed by atoms with E-state index >= 15 is 0 Å². The number of carbonyl (C=O) groups excluding carboxylic acids is 1. The number of benzene rings is 1. The van der Waals surface area contributed by atoms with Crippen LogP contribution in [-0.2, 0) is 4.79 Å². The largest absolute Gasteiger partial charge is 0.290 e. The summed E-state index contributed by atoms with van der Waals surface area (Å²) in [5.74, 6) is -0.167. The van der Waals surface area contributed by atoms with Gasteiger partial charge in [0.25, 0.3) is 0 Å². The smallest absolute Gasteiger partial charge is 0.179 e. The third-order valence-electron chi connectivity index (χ3n) is 3.35. The van der Waals surface area contributed by atoms with Gasteiger partial charge in [0.05, 0.1) is 0 Å². The highest BCUT2D eigenvalue weighted by Gasteiger charge is 2.24. The Morgan fingerprint density at radius 3 is 2.65 bits per heavy atom. The van der Waals surface area contributed by atoms with Gasteiger partial charge in [-0.3, -0.25) is 4.79 Å². The number of hydrogen-bond donors (Lipinski definition) is 0. The molecule has 2 heteroatoms. The number of ketones is 1. The van der Waals surface area contributed by atoms with Gasteiger partial charge >= 0.3 is 0 Å². The van der Waals surface area contributed by atoms with Crippen LogP contribution in [0.5, 0.6) is 0 Å². The highest BCUT2D eigenvalue weighted by Crippen LogP contribution is 2.40.